The standard InChI is InChI=1S/C22H24ClN3O3/c1-22(12-10-18(27)11-13-29-19-8-3-2-4-9-19)20(28)26(21(24)25-22)15-16-6-5-7-17(23)14-16/h2-9,14H,10-13,15H2,1H3,(H2,24,25). The normalized spacial score (nSPS) is 18.6. The van der Waals surface area contributed by atoms with Gasteiger partial charge < -0.3 is 10.5 Å². The van der Waals surface area contributed by atoms with E-state index in [2.05, 4.69) is 4.99 Å². The minimum atomic E-state index is -1.03. The summed E-state index contributed by atoms with van der Waals surface area (Å²) in [6.07, 6.45) is 0.829. The Balaban J connectivity index is 1.51. The maximum atomic E-state index is 12.9. The summed E-state index contributed by atoms with van der Waals surface area (Å²) in [5, 5.41) is 0.593. The smallest absolute Gasteiger partial charge is 0.257 e. The number of para-hydroxylation sites is 1. The van der Waals surface area contributed by atoms with Crippen LogP contribution in [0.25, 0.3) is 0 Å². The Morgan fingerprint density at radius 2 is 1.93 bits per heavy atom. The van der Waals surface area contributed by atoms with Crippen molar-refractivity contribution in [2.45, 2.75) is 38.3 Å². The van der Waals surface area contributed by atoms with Crippen molar-refractivity contribution in [3.8, 4) is 5.75 Å². The zero-order valence-corrected chi connectivity index (χ0v) is 17.1. The molecule has 152 valence electrons. The number of nitrogens with two attached hydrogens (primary N) is 1. The monoisotopic (exact) mass is 413 g/mol. The van der Waals surface area contributed by atoms with Gasteiger partial charge in [0, 0.05) is 17.9 Å². The zero-order valence-electron chi connectivity index (χ0n) is 16.3. The summed E-state index contributed by atoms with van der Waals surface area (Å²) in [5.41, 5.74) is 5.83. The van der Waals surface area contributed by atoms with Crippen LogP contribution in [0.3, 0.4) is 0 Å². The highest BCUT2D eigenvalue weighted by Gasteiger charge is 2.43. The summed E-state index contributed by atoms with van der Waals surface area (Å²) in [4.78, 5) is 30.9. The summed E-state index contributed by atoms with van der Waals surface area (Å²) in [6.45, 7) is 2.32. The van der Waals surface area contributed by atoms with Crippen molar-refractivity contribution >= 4 is 29.3 Å². The molecule has 1 heterocycles. The second-order valence-corrected chi connectivity index (χ2v) is 7.65. The SMILES string of the molecule is CC1(CCC(=O)CCOc2ccccc2)N=C(N)N(Cc2cccc(Cl)c2)C1=O. The van der Waals surface area contributed by atoms with Gasteiger partial charge in [-0.15, -0.1) is 0 Å². The van der Waals surface area contributed by atoms with Gasteiger partial charge in [0.2, 0.25) is 0 Å². The minimum Gasteiger partial charge on any atom is -0.493 e. The lowest BCUT2D eigenvalue weighted by Crippen LogP contribution is -2.42. The average Bonchev–Trinajstić information content (AvgIpc) is 2.91. The van der Waals surface area contributed by atoms with E-state index in [1.54, 1.807) is 19.1 Å². The number of ketones is 1. The van der Waals surface area contributed by atoms with Gasteiger partial charge in [-0.25, -0.2) is 4.99 Å². The molecule has 29 heavy (non-hydrogen) atoms. The number of halogens is 1. The first kappa shape index (κ1) is 20.9. The summed E-state index contributed by atoms with van der Waals surface area (Å²) in [7, 11) is 0. The minimum absolute atomic E-state index is 0.0250. The maximum absolute atomic E-state index is 12.9. The van der Waals surface area contributed by atoms with Gasteiger partial charge in [0.1, 0.15) is 17.1 Å². The van der Waals surface area contributed by atoms with Gasteiger partial charge >= 0.3 is 0 Å². The van der Waals surface area contributed by atoms with E-state index in [0.29, 0.717) is 24.6 Å². The number of amides is 1. The van der Waals surface area contributed by atoms with E-state index >= 15 is 0 Å². The number of ether oxygens (including phenoxy) is 1. The van der Waals surface area contributed by atoms with Crippen molar-refractivity contribution in [2.75, 3.05) is 6.61 Å². The van der Waals surface area contributed by atoms with Crippen LogP contribution in [0.1, 0.15) is 31.7 Å². The third-order valence-corrected chi connectivity index (χ3v) is 5.09. The van der Waals surface area contributed by atoms with Gasteiger partial charge in [0.05, 0.1) is 13.2 Å². The molecular weight excluding hydrogens is 390 g/mol. The fourth-order valence-corrected chi connectivity index (χ4v) is 3.41. The number of rotatable bonds is 9. The molecule has 0 saturated carbocycles. The summed E-state index contributed by atoms with van der Waals surface area (Å²) in [6, 6.07) is 16.6. The number of carbonyl (C=O) groups is 2. The van der Waals surface area contributed by atoms with Crippen LogP contribution in [0.4, 0.5) is 0 Å². The second-order valence-electron chi connectivity index (χ2n) is 7.22. The molecule has 1 unspecified atom stereocenters. The third-order valence-electron chi connectivity index (χ3n) is 4.86. The van der Waals surface area contributed by atoms with E-state index < -0.39 is 5.54 Å². The van der Waals surface area contributed by atoms with E-state index in [1.165, 1.54) is 4.90 Å². The van der Waals surface area contributed by atoms with Gasteiger partial charge in [-0.1, -0.05) is 41.9 Å². The molecular formula is C22H24ClN3O3. The Bertz CT molecular complexity index is 917. The molecule has 2 aromatic rings. The van der Waals surface area contributed by atoms with Crippen molar-refractivity contribution in [3.05, 3.63) is 65.2 Å². The van der Waals surface area contributed by atoms with Gasteiger partial charge in [-0.3, -0.25) is 14.5 Å². The third kappa shape index (κ3) is 5.35. The first-order valence-electron chi connectivity index (χ1n) is 9.49. The van der Waals surface area contributed by atoms with E-state index in [9.17, 15) is 9.59 Å². The number of guanidine groups is 1. The number of Topliss-reactive ketones (excluding diaryl/α,β-unsaturated/α-hetero) is 1. The molecule has 0 aromatic heterocycles. The number of aliphatic imine (C=N–C) groups is 1. The van der Waals surface area contributed by atoms with Crippen molar-refractivity contribution < 1.29 is 14.3 Å². The van der Waals surface area contributed by atoms with Gasteiger partial charge in [0.15, 0.2) is 5.96 Å². The Morgan fingerprint density at radius 3 is 2.66 bits per heavy atom. The molecule has 0 radical (unpaired) electrons. The number of hydrogen-bond donors (Lipinski definition) is 1. The van der Waals surface area contributed by atoms with Gasteiger partial charge in [0.25, 0.3) is 5.91 Å². The van der Waals surface area contributed by atoms with Crippen molar-refractivity contribution in [2.24, 2.45) is 10.7 Å². The topological polar surface area (TPSA) is 85.0 Å². The van der Waals surface area contributed by atoms with Crippen molar-refractivity contribution in [1.82, 2.24) is 4.90 Å². The molecule has 1 aliphatic rings. The van der Waals surface area contributed by atoms with Gasteiger partial charge in [-0.2, -0.15) is 0 Å². The Kier molecular flexibility index (Phi) is 6.54. The molecule has 0 bridgehead atoms. The highest BCUT2D eigenvalue weighted by molar-refractivity contribution is 6.30. The molecule has 2 aromatic carbocycles. The van der Waals surface area contributed by atoms with E-state index in [-0.39, 0.29) is 30.5 Å². The quantitative estimate of drug-likeness (QED) is 0.680. The highest BCUT2D eigenvalue weighted by Crippen LogP contribution is 2.28. The van der Waals surface area contributed by atoms with Crippen LogP contribution >= 0.6 is 11.6 Å². The molecule has 1 aliphatic heterocycles. The van der Waals surface area contributed by atoms with Crippen LogP contribution in [-0.4, -0.2) is 34.7 Å². The molecule has 1 amide bonds. The van der Waals surface area contributed by atoms with Crippen LogP contribution in [-0.2, 0) is 16.1 Å². The molecule has 1 atom stereocenters. The summed E-state index contributed by atoms with van der Waals surface area (Å²) >= 11 is 6.01. The number of hydrogen-bond acceptors (Lipinski definition) is 5. The van der Waals surface area contributed by atoms with Crippen molar-refractivity contribution in [3.63, 3.8) is 0 Å². The Hall–Kier alpha value is -2.86. The largest absolute Gasteiger partial charge is 0.493 e. The Labute approximate surface area is 175 Å². The average molecular weight is 414 g/mol. The zero-order chi connectivity index (χ0) is 20.9. The summed E-state index contributed by atoms with van der Waals surface area (Å²) < 4.78 is 5.55. The number of nitrogens with zero attached hydrogens (tertiary/aromatic N) is 2. The lowest BCUT2D eigenvalue weighted by molar-refractivity contribution is -0.131. The lowest BCUT2D eigenvalue weighted by Gasteiger charge is -2.22. The number of benzene rings is 2. The van der Waals surface area contributed by atoms with Crippen LogP contribution in [0.2, 0.25) is 5.02 Å². The maximum Gasteiger partial charge on any atom is 0.257 e. The molecule has 2 N–H and O–H groups in total. The van der Waals surface area contributed by atoms with Crippen LogP contribution in [0.15, 0.2) is 59.6 Å². The fourth-order valence-electron chi connectivity index (χ4n) is 3.20. The lowest BCUT2D eigenvalue weighted by atomic mass is 9.94. The molecule has 0 spiro atoms. The molecule has 0 saturated heterocycles. The number of carbonyl (C=O) groups excluding carboxylic acids is 2. The molecule has 7 heteroatoms. The van der Waals surface area contributed by atoms with Crippen molar-refractivity contribution in [1.29, 1.82) is 0 Å². The van der Waals surface area contributed by atoms with E-state index in [0.717, 1.165) is 11.3 Å². The van der Waals surface area contributed by atoms with E-state index in [1.807, 2.05) is 42.5 Å². The van der Waals surface area contributed by atoms with Gasteiger partial charge in [-0.05, 0) is 43.2 Å². The Morgan fingerprint density at radius 1 is 1.17 bits per heavy atom. The first-order valence-corrected chi connectivity index (χ1v) is 9.86. The predicted molar refractivity (Wildman–Crippen MR) is 113 cm³/mol. The van der Waals surface area contributed by atoms with Crippen LogP contribution in [0, 0.1) is 0 Å². The second kappa shape index (κ2) is 9.09. The van der Waals surface area contributed by atoms with E-state index in [4.69, 9.17) is 22.1 Å². The highest BCUT2D eigenvalue weighted by atomic mass is 35.5. The molecule has 0 fully saturated rings. The molecule has 0 aliphatic carbocycles. The predicted octanol–water partition coefficient (Wildman–Crippen LogP) is 3.57. The summed E-state index contributed by atoms with van der Waals surface area (Å²) in [5.74, 6) is 0.713. The molecule has 6 nitrogen and oxygen atoms in total. The molecule has 3 rings (SSSR count). The van der Waals surface area contributed by atoms with Crippen LogP contribution < -0.4 is 10.5 Å². The first-order chi connectivity index (χ1) is 13.9. The fraction of sp³-hybridized carbons (Fsp3) is 0.318. The van der Waals surface area contributed by atoms with Crippen LogP contribution in [0.5, 0.6) is 5.75 Å².